The molecule has 0 radical (unpaired) electrons. The largest absolute Gasteiger partial charge is 0.310 e. The van der Waals surface area contributed by atoms with Crippen LogP contribution in [0.4, 0.5) is 0 Å². The van der Waals surface area contributed by atoms with Gasteiger partial charge in [0.05, 0.1) is 5.69 Å². The van der Waals surface area contributed by atoms with Gasteiger partial charge in [-0.1, -0.05) is 20.8 Å². The van der Waals surface area contributed by atoms with Gasteiger partial charge in [-0.25, -0.2) is 4.98 Å². The van der Waals surface area contributed by atoms with Crippen molar-refractivity contribution in [2.75, 3.05) is 13.1 Å². The second-order valence-electron chi connectivity index (χ2n) is 7.82. The van der Waals surface area contributed by atoms with Crippen LogP contribution in [0.15, 0.2) is 17.8 Å². The van der Waals surface area contributed by atoms with Gasteiger partial charge in [-0.05, 0) is 19.3 Å². The highest BCUT2D eigenvalue weighted by Crippen LogP contribution is 2.28. The topological polar surface area (TPSA) is 32.6 Å². The maximum atomic E-state index is 4.74. The van der Waals surface area contributed by atoms with Crippen LogP contribution in [0.2, 0.25) is 0 Å². The molecule has 0 amide bonds. The molecule has 1 fully saturated rings. The molecule has 1 aliphatic rings. The van der Waals surface area contributed by atoms with Crippen molar-refractivity contribution in [3.05, 3.63) is 23.5 Å². The summed E-state index contributed by atoms with van der Waals surface area (Å²) in [6.07, 6.45) is 4.24. The zero-order valence-corrected chi connectivity index (χ0v) is 14.5. The van der Waals surface area contributed by atoms with Crippen molar-refractivity contribution in [2.45, 2.75) is 52.7 Å². The van der Waals surface area contributed by atoms with E-state index in [1.54, 1.807) is 11.3 Å². The molecule has 5 heteroatoms. The van der Waals surface area contributed by atoms with Crippen LogP contribution < -0.4 is 5.32 Å². The predicted molar refractivity (Wildman–Crippen MR) is 88.8 cm³/mol. The molecule has 1 N–H and O–H groups in total. The number of imidazole rings is 1. The molecule has 1 atom stereocenters. The van der Waals surface area contributed by atoms with Crippen molar-refractivity contribution in [2.24, 2.45) is 5.41 Å². The predicted octanol–water partition coefficient (Wildman–Crippen LogP) is 2.99. The molecule has 3 rings (SSSR count). The summed E-state index contributed by atoms with van der Waals surface area (Å²) < 4.78 is 2.12. The van der Waals surface area contributed by atoms with E-state index in [0.29, 0.717) is 6.04 Å². The van der Waals surface area contributed by atoms with E-state index in [0.717, 1.165) is 24.6 Å². The van der Waals surface area contributed by atoms with Crippen LogP contribution in [0, 0.1) is 5.41 Å². The molecule has 1 unspecified atom stereocenters. The van der Waals surface area contributed by atoms with Gasteiger partial charge in [0.25, 0.3) is 0 Å². The first kappa shape index (κ1) is 15.0. The van der Waals surface area contributed by atoms with E-state index in [1.165, 1.54) is 5.69 Å². The lowest BCUT2D eigenvalue weighted by molar-refractivity contribution is 0.0287. The summed E-state index contributed by atoms with van der Waals surface area (Å²) in [5, 5.41) is 5.80. The molecule has 2 aromatic rings. The number of piperazine rings is 1. The molecule has 2 aromatic heterocycles. The fourth-order valence-corrected chi connectivity index (χ4v) is 3.64. The second kappa shape index (κ2) is 5.07. The minimum absolute atomic E-state index is 0.165. The summed E-state index contributed by atoms with van der Waals surface area (Å²) in [5.74, 6) is 0. The molecule has 21 heavy (non-hydrogen) atoms. The van der Waals surface area contributed by atoms with Gasteiger partial charge in [0.1, 0.15) is 0 Å². The summed E-state index contributed by atoms with van der Waals surface area (Å²) >= 11 is 1.70. The number of hydrogen-bond acceptors (Lipinski definition) is 4. The number of rotatable bonds is 2. The molecule has 116 valence electrons. The molecule has 1 aliphatic heterocycles. The lowest BCUT2D eigenvalue weighted by atomic mass is 9.83. The first-order valence-electron chi connectivity index (χ1n) is 7.65. The first-order chi connectivity index (χ1) is 9.75. The van der Waals surface area contributed by atoms with Gasteiger partial charge in [0, 0.05) is 49.0 Å². The van der Waals surface area contributed by atoms with Crippen molar-refractivity contribution < 1.29 is 0 Å². The lowest BCUT2D eigenvalue weighted by Gasteiger charge is -2.49. The van der Waals surface area contributed by atoms with E-state index in [1.807, 2.05) is 0 Å². The SMILES string of the molecule is CC(C)(C)C1CN(Cc2cn3ccsc3n2)C(C)(C)CN1. The molecule has 0 aliphatic carbocycles. The molecule has 1 saturated heterocycles. The summed E-state index contributed by atoms with van der Waals surface area (Å²) in [5.41, 5.74) is 1.62. The number of fused-ring (bicyclic) bond motifs is 1. The summed E-state index contributed by atoms with van der Waals surface area (Å²) in [6.45, 7) is 14.6. The van der Waals surface area contributed by atoms with Crippen LogP contribution >= 0.6 is 11.3 Å². The molecular weight excluding hydrogens is 280 g/mol. The van der Waals surface area contributed by atoms with Crippen molar-refractivity contribution in [3.63, 3.8) is 0 Å². The Morgan fingerprint density at radius 2 is 2.19 bits per heavy atom. The highest BCUT2D eigenvalue weighted by atomic mass is 32.1. The summed E-state index contributed by atoms with van der Waals surface area (Å²) in [6, 6.07) is 0.522. The van der Waals surface area contributed by atoms with Crippen LogP contribution in [0.25, 0.3) is 4.96 Å². The van der Waals surface area contributed by atoms with Gasteiger partial charge in [-0.15, -0.1) is 11.3 Å². The smallest absolute Gasteiger partial charge is 0.193 e. The maximum absolute atomic E-state index is 4.74. The number of aromatic nitrogens is 2. The summed E-state index contributed by atoms with van der Waals surface area (Å²) in [4.78, 5) is 8.40. The Bertz CT molecular complexity index is 591. The van der Waals surface area contributed by atoms with Gasteiger partial charge in [0.2, 0.25) is 0 Å². The minimum Gasteiger partial charge on any atom is -0.310 e. The van der Waals surface area contributed by atoms with E-state index in [-0.39, 0.29) is 11.0 Å². The Labute approximate surface area is 131 Å². The Morgan fingerprint density at radius 1 is 1.43 bits per heavy atom. The molecule has 0 bridgehead atoms. The standard InChI is InChI=1S/C16H26N4S/c1-15(2,3)13-10-20(16(4,5)11-17-13)9-12-8-19-6-7-21-14(19)18-12/h6-8,13,17H,9-11H2,1-5H3. The molecule has 0 spiro atoms. The first-order valence-corrected chi connectivity index (χ1v) is 8.53. The third kappa shape index (κ3) is 3.00. The van der Waals surface area contributed by atoms with E-state index in [2.05, 4.69) is 67.0 Å². The Balaban J connectivity index is 1.79. The highest BCUT2D eigenvalue weighted by molar-refractivity contribution is 7.15. The van der Waals surface area contributed by atoms with E-state index in [4.69, 9.17) is 4.98 Å². The van der Waals surface area contributed by atoms with Crippen LogP contribution in [-0.4, -0.2) is 39.0 Å². The Hall–Kier alpha value is -0.910. The highest BCUT2D eigenvalue weighted by Gasteiger charge is 2.38. The average Bonchev–Trinajstić information content (AvgIpc) is 2.90. The third-order valence-electron chi connectivity index (χ3n) is 4.58. The van der Waals surface area contributed by atoms with Gasteiger partial charge in [-0.2, -0.15) is 0 Å². The van der Waals surface area contributed by atoms with E-state index < -0.39 is 0 Å². The van der Waals surface area contributed by atoms with Crippen LogP contribution in [0.3, 0.4) is 0 Å². The van der Waals surface area contributed by atoms with Crippen LogP contribution in [-0.2, 0) is 6.54 Å². The monoisotopic (exact) mass is 306 g/mol. The fourth-order valence-electron chi connectivity index (χ4n) is 2.92. The van der Waals surface area contributed by atoms with E-state index in [9.17, 15) is 0 Å². The van der Waals surface area contributed by atoms with E-state index >= 15 is 0 Å². The molecule has 0 saturated carbocycles. The van der Waals surface area contributed by atoms with Crippen LogP contribution in [0.1, 0.15) is 40.3 Å². The third-order valence-corrected chi connectivity index (χ3v) is 5.35. The molecular formula is C16H26N4S. The zero-order valence-electron chi connectivity index (χ0n) is 13.7. The molecule has 3 heterocycles. The Kier molecular flexibility index (Phi) is 3.62. The zero-order chi connectivity index (χ0) is 15.3. The van der Waals surface area contributed by atoms with Gasteiger partial charge in [-0.3, -0.25) is 9.30 Å². The molecule has 4 nitrogen and oxygen atoms in total. The lowest BCUT2D eigenvalue weighted by Crippen LogP contribution is -2.64. The van der Waals surface area contributed by atoms with Crippen molar-refractivity contribution in [1.82, 2.24) is 19.6 Å². The normalized spacial score (nSPS) is 23.8. The fraction of sp³-hybridized carbons (Fsp3) is 0.688. The number of hydrogen-bond donors (Lipinski definition) is 1. The Morgan fingerprint density at radius 3 is 2.86 bits per heavy atom. The number of thiazole rings is 1. The summed E-state index contributed by atoms with van der Waals surface area (Å²) in [7, 11) is 0. The molecule has 0 aromatic carbocycles. The van der Waals surface area contributed by atoms with Gasteiger partial charge < -0.3 is 5.32 Å². The maximum Gasteiger partial charge on any atom is 0.193 e. The van der Waals surface area contributed by atoms with Gasteiger partial charge in [0.15, 0.2) is 4.96 Å². The quantitative estimate of drug-likeness (QED) is 0.926. The average molecular weight is 306 g/mol. The second-order valence-corrected chi connectivity index (χ2v) is 8.69. The number of nitrogens with one attached hydrogen (secondary N) is 1. The van der Waals surface area contributed by atoms with Gasteiger partial charge >= 0.3 is 0 Å². The minimum atomic E-state index is 0.165. The van der Waals surface area contributed by atoms with Crippen molar-refractivity contribution >= 4 is 16.3 Å². The van der Waals surface area contributed by atoms with Crippen molar-refractivity contribution in [1.29, 1.82) is 0 Å². The number of nitrogens with zero attached hydrogens (tertiary/aromatic N) is 3. The van der Waals surface area contributed by atoms with Crippen LogP contribution in [0.5, 0.6) is 0 Å². The van der Waals surface area contributed by atoms with Crippen molar-refractivity contribution in [3.8, 4) is 0 Å².